The van der Waals surface area contributed by atoms with Gasteiger partial charge < -0.3 is 10.4 Å². The van der Waals surface area contributed by atoms with Crippen LogP contribution in [0.15, 0.2) is 47.5 Å². The molecule has 1 aliphatic rings. The van der Waals surface area contributed by atoms with Gasteiger partial charge in [0, 0.05) is 21.2 Å². The van der Waals surface area contributed by atoms with Crippen molar-refractivity contribution in [1.29, 1.82) is 0 Å². The van der Waals surface area contributed by atoms with E-state index >= 15 is 0 Å². The van der Waals surface area contributed by atoms with Crippen LogP contribution in [0.4, 0.5) is 5.69 Å². The maximum absolute atomic E-state index is 11.8. The molecule has 2 aromatic carbocycles. The van der Waals surface area contributed by atoms with Crippen LogP contribution in [0.25, 0.3) is 0 Å². The van der Waals surface area contributed by atoms with Crippen LogP contribution in [0, 0.1) is 0 Å². The summed E-state index contributed by atoms with van der Waals surface area (Å²) in [4.78, 5) is 15.9. The summed E-state index contributed by atoms with van der Waals surface area (Å²) in [6, 6.07) is 12.1. The molecule has 1 unspecified atom stereocenters. The van der Waals surface area contributed by atoms with E-state index in [4.69, 9.17) is 23.2 Å². The number of anilines is 1. The number of aliphatic imine (C=N–C) groups is 1. The number of carbonyl (C=O) groups excluding carboxylic acids is 1. The molecule has 3 rings (SSSR count). The zero-order valence-electron chi connectivity index (χ0n) is 10.7. The van der Waals surface area contributed by atoms with Crippen LogP contribution in [0.2, 0.25) is 10.0 Å². The number of rotatable bonds is 1. The minimum absolute atomic E-state index is 0. The molecular formula is C15H11Cl2KN2O2. The van der Waals surface area contributed by atoms with Gasteiger partial charge in [-0.1, -0.05) is 41.4 Å². The van der Waals surface area contributed by atoms with Gasteiger partial charge in [-0.2, -0.15) is 0 Å². The third-order valence-electron chi connectivity index (χ3n) is 3.11. The van der Waals surface area contributed by atoms with Gasteiger partial charge in [-0.15, -0.1) is 0 Å². The molecule has 108 valence electrons. The van der Waals surface area contributed by atoms with Gasteiger partial charge >= 0.3 is 51.4 Å². The van der Waals surface area contributed by atoms with E-state index in [0.29, 0.717) is 32.6 Å². The van der Waals surface area contributed by atoms with Crippen molar-refractivity contribution >= 4 is 91.9 Å². The Hall–Kier alpha value is -0.244. The standard InChI is InChI=1S/C15H10Cl2N2O2.K.H/c16-8-5-6-12-10(7-8)13(19-15(21)14(20)18-12)9-3-1-2-4-11(9)17;;/h1-7,15,21H,(H,18,20);;. The molecule has 1 aliphatic heterocycles. The average Bonchev–Trinajstić information content (AvgIpc) is 2.58. The molecular weight excluding hydrogens is 350 g/mol. The average molecular weight is 361 g/mol. The zero-order valence-corrected chi connectivity index (χ0v) is 12.2. The molecule has 2 aromatic rings. The topological polar surface area (TPSA) is 61.7 Å². The molecule has 1 heterocycles. The van der Waals surface area contributed by atoms with Crippen LogP contribution >= 0.6 is 23.2 Å². The van der Waals surface area contributed by atoms with Gasteiger partial charge in [0.2, 0.25) is 6.23 Å². The number of halogens is 2. The predicted octanol–water partition coefficient (Wildman–Crippen LogP) is 2.45. The van der Waals surface area contributed by atoms with Gasteiger partial charge in [0.25, 0.3) is 5.91 Å². The Morgan fingerprint density at radius 3 is 2.55 bits per heavy atom. The Bertz CT molecular complexity index is 765. The normalized spacial score (nSPS) is 16.8. The molecule has 1 amide bonds. The van der Waals surface area contributed by atoms with E-state index in [-0.39, 0.29) is 51.4 Å². The van der Waals surface area contributed by atoms with Gasteiger partial charge in [0.05, 0.1) is 11.4 Å². The number of benzene rings is 2. The molecule has 1 atom stereocenters. The second-order valence-corrected chi connectivity index (χ2v) is 5.35. The number of nitrogens with one attached hydrogen (secondary N) is 1. The molecule has 4 nitrogen and oxygen atoms in total. The van der Waals surface area contributed by atoms with E-state index in [1.54, 1.807) is 42.5 Å². The van der Waals surface area contributed by atoms with Crippen LogP contribution in [0.5, 0.6) is 0 Å². The number of aliphatic hydroxyl groups excluding tert-OH is 1. The number of nitrogens with zero attached hydrogens (tertiary/aromatic N) is 1. The van der Waals surface area contributed by atoms with E-state index in [0.717, 1.165) is 0 Å². The summed E-state index contributed by atoms with van der Waals surface area (Å²) in [6.45, 7) is 0. The Morgan fingerprint density at radius 1 is 1.09 bits per heavy atom. The molecule has 0 spiro atoms. The molecule has 0 fully saturated rings. The van der Waals surface area contributed by atoms with Crippen molar-refractivity contribution in [2.24, 2.45) is 4.99 Å². The van der Waals surface area contributed by atoms with E-state index in [9.17, 15) is 9.90 Å². The van der Waals surface area contributed by atoms with Crippen molar-refractivity contribution in [2.75, 3.05) is 5.32 Å². The summed E-state index contributed by atoms with van der Waals surface area (Å²) < 4.78 is 0. The molecule has 0 bridgehead atoms. The van der Waals surface area contributed by atoms with Gasteiger partial charge in [0.1, 0.15) is 0 Å². The number of hydrogen-bond donors (Lipinski definition) is 2. The van der Waals surface area contributed by atoms with Gasteiger partial charge in [0.15, 0.2) is 0 Å². The first kappa shape index (κ1) is 18.1. The summed E-state index contributed by atoms with van der Waals surface area (Å²) in [5, 5.41) is 13.4. The first-order valence-electron chi connectivity index (χ1n) is 6.18. The van der Waals surface area contributed by atoms with Crippen molar-refractivity contribution in [3.63, 3.8) is 0 Å². The quantitative estimate of drug-likeness (QED) is 0.767. The van der Waals surface area contributed by atoms with Gasteiger partial charge in [-0.25, -0.2) is 4.99 Å². The van der Waals surface area contributed by atoms with Crippen molar-refractivity contribution in [3.05, 3.63) is 63.6 Å². The van der Waals surface area contributed by atoms with Crippen LogP contribution in [-0.4, -0.2) is 74.3 Å². The second-order valence-electron chi connectivity index (χ2n) is 4.51. The van der Waals surface area contributed by atoms with Crippen molar-refractivity contribution in [1.82, 2.24) is 0 Å². The van der Waals surface area contributed by atoms with Crippen molar-refractivity contribution in [3.8, 4) is 0 Å². The van der Waals surface area contributed by atoms with E-state index < -0.39 is 12.1 Å². The third kappa shape index (κ3) is 3.63. The van der Waals surface area contributed by atoms with Gasteiger partial charge in [-0.05, 0) is 24.3 Å². The molecule has 7 heteroatoms. The third-order valence-corrected chi connectivity index (χ3v) is 3.67. The number of aliphatic hydroxyl groups is 1. The number of carbonyl (C=O) groups is 1. The SMILES string of the molecule is O=C1Nc2ccc(Cl)cc2C(c2ccccc2Cl)=NC1O.[KH]. The summed E-state index contributed by atoms with van der Waals surface area (Å²) in [5.74, 6) is -0.597. The Balaban J connectivity index is 0.00000176. The van der Waals surface area contributed by atoms with E-state index in [2.05, 4.69) is 10.3 Å². The maximum atomic E-state index is 11.8. The molecule has 2 N–H and O–H groups in total. The molecule has 0 saturated heterocycles. The number of hydrogen-bond acceptors (Lipinski definition) is 3. The molecule has 0 radical (unpaired) electrons. The molecule has 0 saturated carbocycles. The Kier molecular flexibility index (Phi) is 6.21. The molecule has 0 aliphatic carbocycles. The van der Waals surface area contributed by atoms with E-state index in [1.807, 2.05) is 0 Å². The number of amides is 1. The Labute approximate surface area is 180 Å². The van der Waals surface area contributed by atoms with Gasteiger partial charge in [-0.3, -0.25) is 4.79 Å². The van der Waals surface area contributed by atoms with Crippen LogP contribution < -0.4 is 5.32 Å². The fourth-order valence-electron chi connectivity index (χ4n) is 2.14. The van der Waals surface area contributed by atoms with E-state index in [1.165, 1.54) is 0 Å². The predicted molar refractivity (Wildman–Crippen MR) is 90.3 cm³/mol. The Morgan fingerprint density at radius 2 is 1.82 bits per heavy atom. The first-order valence-corrected chi connectivity index (χ1v) is 6.93. The first-order chi connectivity index (χ1) is 10.1. The molecule has 0 aromatic heterocycles. The monoisotopic (exact) mass is 360 g/mol. The minimum atomic E-state index is -1.50. The summed E-state index contributed by atoms with van der Waals surface area (Å²) >= 11 is 12.2. The van der Waals surface area contributed by atoms with Crippen LogP contribution in [0.3, 0.4) is 0 Å². The van der Waals surface area contributed by atoms with Crippen molar-refractivity contribution < 1.29 is 9.90 Å². The number of benzodiazepines with no additional fused rings is 1. The summed E-state index contributed by atoms with van der Waals surface area (Å²) in [6.07, 6.45) is -1.50. The fourth-order valence-corrected chi connectivity index (χ4v) is 2.53. The zero-order chi connectivity index (χ0) is 15.0. The summed E-state index contributed by atoms with van der Waals surface area (Å²) in [5.41, 5.74) is 2.18. The summed E-state index contributed by atoms with van der Waals surface area (Å²) in [7, 11) is 0. The van der Waals surface area contributed by atoms with Crippen molar-refractivity contribution in [2.45, 2.75) is 6.23 Å². The molecule has 22 heavy (non-hydrogen) atoms. The number of fused-ring (bicyclic) bond motifs is 1. The second kappa shape index (κ2) is 7.55. The van der Waals surface area contributed by atoms with Crippen LogP contribution in [-0.2, 0) is 4.79 Å². The fraction of sp³-hybridized carbons (Fsp3) is 0.0667. The van der Waals surface area contributed by atoms with Crippen LogP contribution in [0.1, 0.15) is 11.1 Å².